The lowest BCUT2D eigenvalue weighted by atomic mass is 10.00. The number of hydrogen-bond acceptors (Lipinski definition) is 5. The Kier molecular flexibility index (Phi) is 48.3. The monoisotopic (exact) mass is 860 g/mol. The van der Waals surface area contributed by atoms with Gasteiger partial charge < -0.3 is 25.7 Å². The van der Waals surface area contributed by atoms with E-state index in [0.29, 0.717) is 19.3 Å². The van der Waals surface area contributed by atoms with Crippen molar-refractivity contribution in [1.29, 1.82) is 0 Å². The molecule has 0 aromatic carbocycles. The molecule has 0 heterocycles. The summed E-state index contributed by atoms with van der Waals surface area (Å²) in [6.07, 6.45) is 60.8. The molecule has 360 valence electrons. The highest BCUT2D eigenvalue weighted by molar-refractivity contribution is 5.80. The molecule has 0 aromatic rings. The molecule has 0 aliphatic heterocycles. The van der Waals surface area contributed by atoms with Gasteiger partial charge in [0.2, 0.25) is 5.91 Å². The van der Waals surface area contributed by atoms with Crippen molar-refractivity contribution in [3.8, 4) is 0 Å². The van der Waals surface area contributed by atoms with Crippen molar-refractivity contribution in [3.63, 3.8) is 0 Å². The Balaban J connectivity index is 3.67. The lowest BCUT2D eigenvalue weighted by Crippen LogP contribution is -2.53. The third-order valence-electron chi connectivity index (χ3n) is 12.6. The first kappa shape index (κ1) is 59.5. The third kappa shape index (κ3) is 43.6. The number of carbonyl (C=O) groups excluding carboxylic acids is 1. The fourth-order valence-electron chi connectivity index (χ4n) is 8.32. The van der Waals surface area contributed by atoms with Gasteiger partial charge in [0.1, 0.15) is 12.2 Å². The first-order chi connectivity index (χ1) is 30.0. The molecule has 4 unspecified atom stereocenters. The maximum atomic E-state index is 12.5. The Morgan fingerprint density at radius 2 is 0.689 bits per heavy atom. The van der Waals surface area contributed by atoms with Gasteiger partial charge in [0, 0.05) is 0 Å². The van der Waals surface area contributed by atoms with E-state index in [9.17, 15) is 25.2 Å². The molecule has 0 aliphatic carbocycles. The molecule has 0 fully saturated rings. The van der Waals surface area contributed by atoms with Crippen molar-refractivity contribution in [2.75, 3.05) is 6.61 Å². The van der Waals surface area contributed by atoms with E-state index in [2.05, 4.69) is 55.6 Å². The smallest absolute Gasteiger partial charge is 0.249 e. The molecule has 0 saturated carbocycles. The van der Waals surface area contributed by atoms with Gasteiger partial charge in [-0.3, -0.25) is 4.79 Å². The minimum absolute atomic E-state index is 0.361. The number of unbranched alkanes of at least 4 members (excludes halogenated alkanes) is 34. The Bertz CT molecular complexity index is 966. The minimum Gasteiger partial charge on any atom is -0.394 e. The minimum atomic E-state index is -1.29. The number of aliphatic hydroxyl groups excluding tert-OH is 4. The van der Waals surface area contributed by atoms with Crippen LogP contribution in [0.25, 0.3) is 0 Å². The van der Waals surface area contributed by atoms with Crippen molar-refractivity contribution in [3.05, 3.63) is 36.5 Å². The molecule has 1 amide bonds. The Morgan fingerprint density at radius 1 is 0.393 bits per heavy atom. The van der Waals surface area contributed by atoms with E-state index in [1.807, 2.05) is 0 Å². The summed E-state index contributed by atoms with van der Waals surface area (Å²) in [7, 11) is 0. The molecule has 0 bridgehead atoms. The molecule has 6 nitrogen and oxygen atoms in total. The van der Waals surface area contributed by atoms with Crippen LogP contribution in [0.2, 0.25) is 0 Å². The Labute approximate surface area is 379 Å². The van der Waals surface area contributed by atoms with Gasteiger partial charge in [0.15, 0.2) is 0 Å². The second kappa shape index (κ2) is 49.5. The summed E-state index contributed by atoms with van der Waals surface area (Å²) in [5, 5.41) is 43.8. The van der Waals surface area contributed by atoms with Crippen molar-refractivity contribution >= 4 is 5.91 Å². The van der Waals surface area contributed by atoms with Crippen molar-refractivity contribution in [1.82, 2.24) is 5.32 Å². The van der Waals surface area contributed by atoms with Gasteiger partial charge in [0.05, 0.1) is 18.8 Å². The predicted octanol–water partition coefficient (Wildman–Crippen LogP) is 15.2. The highest BCUT2D eigenvalue weighted by Crippen LogP contribution is 2.17. The number of rotatable bonds is 49. The first-order valence-corrected chi connectivity index (χ1v) is 26.9. The van der Waals surface area contributed by atoms with Crippen molar-refractivity contribution < 1.29 is 25.2 Å². The van der Waals surface area contributed by atoms with Crippen LogP contribution in [0.1, 0.15) is 277 Å². The largest absolute Gasteiger partial charge is 0.394 e. The first-order valence-electron chi connectivity index (χ1n) is 26.9. The van der Waals surface area contributed by atoms with E-state index in [-0.39, 0.29) is 0 Å². The lowest BCUT2D eigenvalue weighted by molar-refractivity contribution is -0.132. The fourth-order valence-corrected chi connectivity index (χ4v) is 8.32. The lowest BCUT2D eigenvalue weighted by Gasteiger charge is -2.27. The molecule has 0 saturated heterocycles. The van der Waals surface area contributed by atoms with Crippen LogP contribution in [-0.4, -0.2) is 57.3 Å². The number of amides is 1. The molecule has 5 N–H and O–H groups in total. The predicted molar refractivity (Wildman–Crippen MR) is 265 cm³/mol. The van der Waals surface area contributed by atoms with Gasteiger partial charge in [-0.25, -0.2) is 0 Å². The summed E-state index contributed by atoms with van der Waals surface area (Å²) < 4.78 is 0. The maximum absolute atomic E-state index is 12.5. The van der Waals surface area contributed by atoms with Gasteiger partial charge >= 0.3 is 0 Å². The number of aliphatic hydroxyl groups is 4. The molecule has 0 rings (SSSR count). The second-order valence-electron chi connectivity index (χ2n) is 18.6. The number of nitrogens with one attached hydrogen (secondary N) is 1. The SMILES string of the molecule is CCCCCCCCCCCCCCCCCCCCC/C=C/CC/C=C/CC/C=C/CCCC(O)C(O)C(CO)NC(=O)C(O)CCCCCCCCCCCCCCC. The van der Waals surface area contributed by atoms with Crippen LogP contribution in [-0.2, 0) is 4.79 Å². The van der Waals surface area contributed by atoms with Gasteiger partial charge in [-0.1, -0.05) is 249 Å². The molecule has 0 aliphatic rings. The van der Waals surface area contributed by atoms with Crippen LogP contribution >= 0.6 is 0 Å². The molecule has 4 atom stereocenters. The van der Waals surface area contributed by atoms with Gasteiger partial charge in [-0.15, -0.1) is 0 Å². The maximum Gasteiger partial charge on any atom is 0.249 e. The molecule has 0 spiro atoms. The van der Waals surface area contributed by atoms with Gasteiger partial charge in [0.25, 0.3) is 0 Å². The van der Waals surface area contributed by atoms with E-state index in [0.717, 1.165) is 51.4 Å². The zero-order chi connectivity index (χ0) is 44.5. The van der Waals surface area contributed by atoms with E-state index in [4.69, 9.17) is 0 Å². The van der Waals surface area contributed by atoms with E-state index in [1.54, 1.807) is 0 Å². The highest BCUT2D eigenvalue weighted by Gasteiger charge is 2.28. The molecule has 6 heteroatoms. The topological polar surface area (TPSA) is 110 Å². The normalized spacial score (nSPS) is 14.1. The summed E-state index contributed by atoms with van der Waals surface area (Å²) in [5.41, 5.74) is 0. The van der Waals surface area contributed by atoms with E-state index < -0.39 is 36.9 Å². The average Bonchev–Trinajstić information content (AvgIpc) is 3.26. The average molecular weight is 860 g/mol. The number of hydrogen-bond donors (Lipinski definition) is 5. The molecular weight excluding hydrogens is 755 g/mol. The van der Waals surface area contributed by atoms with Crippen LogP contribution in [0.4, 0.5) is 0 Å². The van der Waals surface area contributed by atoms with Crippen LogP contribution in [0.5, 0.6) is 0 Å². The Morgan fingerprint density at radius 3 is 1.03 bits per heavy atom. The summed E-state index contributed by atoms with van der Waals surface area (Å²) in [4.78, 5) is 12.5. The summed E-state index contributed by atoms with van der Waals surface area (Å²) in [5.74, 6) is -0.598. The van der Waals surface area contributed by atoms with Crippen LogP contribution in [0, 0.1) is 0 Å². The van der Waals surface area contributed by atoms with Gasteiger partial charge in [-0.05, 0) is 64.2 Å². The van der Waals surface area contributed by atoms with Crippen LogP contribution in [0.15, 0.2) is 36.5 Å². The van der Waals surface area contributed by atoms with Crippen molar-refractivity contribution in [2.45, 2.75) is 301 Å². The van der Waals surface area contributed by atoms with Gasteiger partial charge in [-0.2, -0.15) is 0 Å². The number of allylic oxidation sites excluding steroid dienone is 6. The third-order valence-corrected chi connectivity index (χ3v) is 12.6. The summed E-state index contributed by atoms with van der Waals surface area (Å²) in [6.45, 7) is 4.05. The molecular formula is C55H105NO5. The molecule has 0 aromatic heterocycles. The standard InChI is InChI=1S/C55H105NO5/c1-3-5-7-9-11-13-15-17-18-19-20-21-22-23-24-25-26-27-28-29-30-31-32-33-34-35-37-38-40-42-44-46-48-52(58)54(60)51(50-57)56-55(61)53(59)49-47-45-43-41-39-36-16-14-12-10-8-6-4-2/h30-31,34-35,40,42,51-54,57-60H,3-29,32-33,36-39,41,43-50H2,1-2H3,(H,56,61)/b31-30+,35-34+,42-40+. The Hall–Kier alpha value is -1.47. The number of carbonyl (C=O) groups is 1. The van der Waals surface area contributed by atoms with E-state index >= 15 is 0 Å². The fraction of sp³-hybridized carbons (Fsp3) is 0.873. The summed E-state index contributed by atoms with van der Waals surface area (Å²) in [6, 6.07) is -1.01. The zero-order valence-corrected chi connectivity index (χ0v) is 40.7. The van der Waals surface area contributed by atoms with Crippen LogP contribution < -0.4 is 5.32 Å². The quantitative estimate of drug-likeness (QED) is 0.0309. The summed E-state index contributed by atoms with van der Waals surface area (Å²) >= 11 is 0. The highest BCUT2D eigenvalue weighted by atomic mass is 16.3. The zero-order valence-electron chi connectivity index (χ0n) is 40.7. The molecule has 0 radical (unpaired) electrons. The van der Waals surface area contributed by atoms with E-state index in [1.165, 1.54) is 193 Å². The second-order valence-corrected chi connectivity index (χ2v) is 18.6. The van der Waals surface area contributed by atoms with Crippen molar-refractivity contribution in [2.24, 2.45) is 0 Å². The molecule has 61 heavy (non-hydrogen) atoms. The van der Waals surface area contributed by atoms with Crippen LogP contribution in [0.3, 0.4) is 0 Å².